The molecule has 0 aliphatic rings. The average Bonchev–Trinajstić information content (AvgIpc) is 2.23. The van der Waals surface area contributed by atoms with Crippen LogP contribution in [0.15, 0.2) is 12.1 Å². The SMILES string of the molecule is CNC(C(=O)c1cc(C)c(C)cc1C)C(C)C. The molecule has 0 saturated heterocycles. The number of aryl methyl sites for hydroxylation is 3. The van der Waals surface area contributed by atoms with Gasteiger partial charge in [0, 0.05) is 5.56 Å². The summed E-state index contributed by atoms with van der Waals surface area (Å²) in [5, 5.41) is 3.11. The van der Waals surface area contributed by atoms with E-state index in [1.165, 1.54) is 11.1 Å². The van der Waals surface area contributed by atoms with Gasteiger partial charge in [-0.05, 0) is 56.5 Å². The highest BCUT2D eigenvalue weighted by Crippen LogP contribution is 2.18. The van der Waals surface area contributed by atoms with Crippen LogP contribution in [0.4, 0.5) is 0 Å². The van der Waals surface area contributed by atoms with E-state index in [9.17, 15) is 4.79 Å². The number of ketones is 1. The molecule has 1 atom stereocenters. The summed E-state index contributed by atoms with van der Waals surface area (Å²) in [6.45, 7) is 10.3. The second-order valence-corrected chi connectivity index (χ2v) is 5.13. The first kappa shape index (κ1) is 13.9. The third-order valence-electron chi connectivity index (χ3n) is 3.37. The molecule has 0 fully saturated rings. The highest BCUT2D eigenvalue weighted by Gasteiger charge is 2.23. The lowest BCUT2D eigenvalue weighted by molar-refractivity contribution is 0.0922. The molecule has 1 aromatic rings. The van der Waals surface area contributed by atoms with Crippen molar-refractivity contribution in [1.82, 2.24) is 5.32 Å². The monoisotopic (exact) mass is 233 g/mol. The number of hydrogen-bond acceptors (Lipinski definition) is 2. The number of Topliss-reactive ketones (excluding diaryl/α,β-unsaturated/α-hetero) is 1. The van der Waals surface area contributed by atoms with Crippen molar-refractivity contribution >= 4 is 5.78 Å². The van der Waals surface area contributed by atoms with Crippen LogP contribution >= 0.6 is 0 Å². The maximum atomic E-state index is 12.4. The van der Waals surface area contributed by atoms with Gasteiger partial charge in [0.2, 0.25) is 0 Å². The Morgan fingerprint density at radius 3 is 2.06 bits per heavy atom. The zero-order chi connectivity index (χ0) is 13.2. The number of hydrogen-bond donors (Lipinski definition) is 1. The fourth-order valence-electron chi connectivity index (χ4n) is 2.16. The lowest BCUT2D eigenvalue weighted by Crippen LogP contribution is -2.39. The highest BCUT2D eigenvalue weighted by molar-refractivity contribution is 6.01. The molecule has 0 aliphatic heterocycles. The van der Waals surface area contributed by atoms with Gasteiger partial charge in [0.1, 0.15) is 0 Å². The molecular formula is C15H23NO. The summed E-state index contributed by atoms with van der Waals surface area (Å²) in [4.78, 5) is 12.4. The van der Waals surface area contributed by atoms with Crippen LogP contribution in [0.2, 0.25) is 0 Å². The van der Waals surface area contributed by atoms with Crippen LogP contribution in [-0.4, -0.2) is 18.9 Å². The van der Waals surface area contributed by atoms with Crippen molar-refractivity contribution < 1.29 is 4.79 Å². The van der Waals surface area contributed by atoms with Crippen LogP contribution in [0, 0.1) is 26.7 Å². The minimum atomic E-state index is -0.101. The van der Waals surface area contributed by atoms with Gasteiger partial charge in [-0.1, -0.05) is 19.9 Å². The van der Waals surface area contributed by atoms with E-state index in [-0.39, 0.29) is 11.8 Å². The molecule has 0 spiro atoms. The number of likely N-dealkylation sites (N-methyl/N-ethyl adjacent to an activating group) is 1. The van der Waals surface area contributed by atoms with E-state index < -0.39 is 0 Å². The summed E-state index contributed by atoms with van der Waals surface area (Å²) in [5.74, 6) is 0.497. The first-order chi connectivity index (χ1) is 7.88. The van der Waals surface area contributed by atoms with Crippen molar-refractivity contribution in [2.45, 2.75) is 40.7 Å². The zero-order valence-electron chi connectivity index (χ0n) is 11.7. The van der Waals surface area contributed by atoms with E-state index in [1.54, 1.807) is 0 Å². The first-order valence-electron chi connectivity index (χ1n) is 6.17. The van der Waals surface area contributed by atoms with Crippen molar-refractivity contribution in [3.05, 3.63) is 34.4 Å². The Bertz CT molecular complexity index is 421. The van der Waals surface area contributed by atoms with Gasteiger partial charge in [-0.3, -0.25) is 4.79 Å². The van der Waals surface area contributed by atoms with Gasteiger partial charge in [-0.2, -0.15) is 0 Å². The molecular weight excluding hydrogens is 210 g/mol. The second kappa shape index (κ2) is 5.46. The third kappa shape index (κ3) is 2.95. The molecule has 1 unspecified atom stereocenters. The Morgan fingerprint density at radius 1 is 1.06 bits per heavy atom. The molecule has 17 heavy (non-hydrogen) atoms. The van der Waals surface area contributed by atoms with Gasteiger partial charge >= 0.3 is 0 Å². The predicted octanol–water partition coefficient (Wildman–Crippen LogP) is 3.04. The summed E-state index contributed by atoms with van der Waals surface area (Å²) in [6, 6.07) is 4.01. The molecule has 94 valence electrons. The summed E-state index contributed by atoms with van der Waals surface area (Å²) in [7, 11) is 1.85. The Labute approximate surface area is 104 Å². The maximum Gasteiger partial charge on any atom is 0.180 e. The van der Waals surface area contributed by atoms with Gasteiger partial charge in [-0.25, -0.2) is 0 Å². The van der Waals surface area contributed by atoms with Crippen molar-refractivity contribution in [3.8, 4) is 0 Å². The van der Waals surface area contributed by atoms with Crippen LogP contribution in [0.25, 0.3) is 0 Å². The molecule has 2 nitrogen and oxygen atoms in total. The van der Waals surface area contributed by atoms with Crippen LogP contribution in [0.5, 0.6) is 0 Å². The second-order valence-electron chi connectivity index (χ2n) is 5.13. The minimum Gasteiger partial charge on any atom is -0.310 e. The molecule has 0 saturated carbocycles. The average molecular weight is 233 g/mol. The zero-order valence-corrected chi connectivity index (χ0v) is 11.7. The van der Waals surface area contributed by atoms with Crippen LogP contribution in [-0.2, 0) is 0 Å². The van der Waals surface area contributed by atoms with E-state index in [2.05, 4.69) is 39.1 Å². The van der Waals surface area contributed by atoms with Gasteiger partial charge < -0.3 is 5.32 Å². The molecule has 1 aromatic carbocycles. The number of carbonyl (C=O) groups excluding carboxylic acids is 1. The Balaban J connectivity index is 3.16. The largest absolute Gasteiger partial charge is 0.310 e. The van der Waals surface area contributed by atoms with Crippen molar-refractivity contribution in [2.24, 2.45) is 5.92 Å². The third-order valence-corrected chi connectivity index (χ3v) is 3.37. The minimum absolute atomic E-state index is 0.101. The Morgan fingerprint density at radius 2 is 1.59 bits per heavy atom. The van der Waals surface area contributed by atoms with Crippen LogP contribution in [0.1, 0.15) is 40.9 Å². The number of nitrogens with one attached hydrogen (secondary N) is 1. The predicted molar refractivity (Wildman–Crippen MR) is 72.7 cm³/mol. The first-order valence-corrected chi connectivity index (χ1v) is 6.17. The van der Waals surface area contributed by atoms with Crippen LogP contribution < -0.4 is 5.32 Å². The summed E-state index contributed by atoms with van der Waals surface area (Å²) < 4.78 is 0. The van der Waals surface area contributed by atoms with Crippen molar-refractivity contribution in [1.29, 1.82) is 0 Å². The normalized spacial score (nSPS) is 12.9. The molecule has 0 aliphatic carbocycles. The van der Waals surface area contributed by atoms with Gasteiger partial charge in [0.05, 0.1) is 6.04 Å². The number of carbonyl (C=O) groups is 1. The topological polar surface area (TPSA) is 29.1 Å². The number of rotatable bonds is 4. The maximum absolute atomic E-state index is 12.4. The lowest BCUT2D eigenvalue weighted by atomic mass is 9.90. The highest BCUT2D eigenvalue weighted by atomic mass is 16.1. The van der Waals surface area contributed by atoms with E-state index in [4.69, 9.17) is 0 Å². The molecule has 1 rings (SSSR count). The van der Waals surface area contributed by atoms with E-state index in [0.717, 1.165) is 11.1 Å². The fraction of sp³-hybridized carbons (Fsp3) is 0.533. The van der Waals surface area contributed by atoms with E-state index in [1.807, 2.05) is 20.0 Å². The molecule has 0 radical (unpaired) electrons. The molecule has 1 N–H and O–H groups in total. The van der Waals surface area contributed by atoms with Crippen molar-refractivity contribution in [3.63, 3.8) is 0 Å². The molecule has 2 heteroatoms. The standard InChI is InChI=1S/C15H23NO/c1-9(2)14(16-6)15(17)13-8-11(4)10(3)7-12(13)5/h7-9,14,16H,1-6H3. The number of benzene rings is 1. The molecule has 0 bridgehead atoms. The molecule has 0 heterocycles. The molecule has 0 aromatic heterocycles. The van der Waals surface area contributed by atoms with E-state index >= 15 is 0 Å². The van der Waals surface area contributed by atoms with Crippen molar-refractivity contribution in [2.75, 3.05) is 7.05 Å². The van der Waals surface area contributed by atoms with Gasteiger partial charge in [0.25, 0.3) is 0 Å². The smallest absolute Gasteiger partial charge is 0.180 e. The fourth-order valence-corrected chi connectivity index (χ4v) is 2.16. The molecule has 0 amide bonds. The summed E-state index contributed by atoms with van der Waals surface area (Å²) in [6.07, 6.45) is 0. The Hall–Kier alpha value is -1.15. The quantitative estimate of drug-likeness (QED) is 0.810. The van der Waals surface area contributed by atoms with Gasteiger partial charge in [-0.15, -0.1) is 0 Å². The van der Waals surface area contributed by atoms with E-state index in [0.29, 0.717) is 5.92 Å². The summed E-state index contributed by atoms with van der Waals surface area (Å²) >= 11 is 0. The summed E-state index contributed by atoms with van der Waals surface area (Å²) in [5.41, 5.74) is 4.34. The van der Waals surface area contributed by atoms with Crippen LogP contribution in [0.3, 0.4) is 0 Å². The van der Waals surface area contributed by atoms with Gasteiger partial charge in [0.15, 0.2) is 5.78 Å². The lowest BCUT2D eigenvalue weighted by Gasteiger charge is -2.20. The Kier molecular flexibility index (Phi) is 4.47.